The van der Waals surface area contributed by atoms with Crippen LogP contribution in [0.4, 0.5) is 0 Å². The average Bonchev–Trinajstić information content (AvgIpc) is 2.99. The van der Waals surface area contributed by atoms with Crippen molar-refractivity contribution in [3.05, 3.63) is 47.2 Å². The molecule has 2 rings (SSSR count). The lowest BCUT2D eigenvalue weighted by atomic mass is 10.1. The highest BCUT2D eigenvalue weighted by Gasteiger charge is 2.17. The summed E-state index contributed by atoms with van der Waals surface area (Å²) in [6.07, 6.45) is 5.79. The molecule has 2 heterocycles. The van der Waals surface area contributed by atoms with Crippen LogP contribution < -0.4 is 0 Å². The van der Waals surface area contributed by atoms with Gasteiger partial charge in [-0.2, -0.15) is 5.10 Å². The normalized spacial score (nSPS) is 13.5. The van der Waals surface area contributed by atoms with Gasteiger partial charge in [-0.05, 0) is 46.0 Å². The fraction of sp³-hybridized carbons (Fsp3) is 0.400. The predicted octanol–water partition coefficient (Wildman–Crippen LogP) is 3.33. The third-order valence-electron chi connectivity index (χ3n) is 3.48. The van der Waals surface area contributed by atoms with Crippen molar-refractivity contribution in [2.75, 3.05) is 13.6 Å². The first-order valence-corrected chi connectivity index (χ1v) is 6.51. The number of nitrogens with zero attached hydrogens (tertiary/aromatic N) is 2. The van der Waals surface area contributed by atoms with E-state index < -0.39 is 0 Å². The molecule has 2 aromatic heterocycles. The van der Waals surface area contributed by atoms with Gasteiger partial charge in [-0.25, -0.2) is 0 Å². The van der Waals surface area contributed by atoms with Crippen LogP contribution >= 0.6 is 0 Å². The topological polar surface area (TPSA) is 45.1 Å². The molecule has 0 aliphatic carbocycles. The Kier molecular flexibility index (Phi) is 4.22. The minimum Gasteiger partial charge on any atom is -0.465 e. The van der Waals surface area contributed by atoms with E-state index in [4.69, 9.17) is 4.42 Å². The molecule has 0 saturated carbocycles. The number of nitrogens with one attached hydrogen (secondary N) is 1. The Morgan fingerprint density at radius 2 is 2.26 bits per heavy atom. The van der Waals surface area contributed by atoms with Crippen molar-refractivity contribution >= 4 is 6.08 Å². The summed E-state index contributed by atoms with van der Waals surface area (Å²) in [4.78, 5) is 2.28. The lowest BCUT2D eigenvalue weighted by molar-refractivity contribution is 0.288. The van der Waals surface area contributed by atoms with Gasteiger partial charge in [0.2, 0.25) is 0 Å². The molecule has 102 valence electrons. The van der Waals surface area contributed by atoms with Crippen molar-refractivity contribution in [3.8, 4) is 0 Å². The van der Waals surface area contributed by atoms with Gasteiger partial charge in [0, 0.05) is 23.8 Å². The van der Waals surface area contributed by atoms with Gasteiger partial charge in [0.05, 0.1) is 12.0 Å². The molecule has 2 aromatic rings. The van der Waals surface area contributed by atoms with Crippen molar-refractivity contribution in [1.29, 1.82) is 0 Å². The smallest absolute Gasteiger partial charge is 0.126 e. The van der Waals surface area contributed by atoms with Crippen LogP contribution in [0.1, 0.15) is 35.7 Å². The number of hydrogen-bond donors (Lipinski definition) is 1. The molecule has 4 heteroatoms. The van der Waals surface area contributed by atoms with Gasteiger partial charge in [-0.1, -0.05) is 6.08 Å². The number of rotatable bonds is 5. The van der Waals surface area contributed by atoms with Crippen LogP contribution in [0.3, 0.4) is 0 Å². The van der Waals surface area contributed by atoms with Crippen LogP contribution in [-0.2, 0) is 0 Å². The maximum atomic E-state index is 5.27. The van der Waals surface area contributed by atoms with Crippen LogP contribution in [0, 0.1) is 13.8 Å². The zero-order valence-corrected chi connectivity index (χ0v) is 12.0. The third-order valence-corrected chi connectivity index (χ3v) is 3.48. The van der Waals surface area contributed by atoms with Crippen molar-refractivity contribution in [2.45, 2.75) is 26.8 Å². The Morgan fingerprint density at radius 3 is 2.84 bits per heavy atom. The van der Waals surface area contributed by atoms with Gasteiger partial charge in [0.1, 0.15) is 5.76 Å². The van der Waals surface area contributed by atoms with E-state index in [9.17, 15) is 0 Å². The molecule has 1 atom stereocenters. The quantitative estimate of drug-likeness (QED) is 0.895. The van der Waals surface area contributed by atoms with Crippen LogP contribution in [-0.4, -0.2) is 28.7 Å². The van der Waals surface area contributed by atoms with E-state index in [0.29, 0.717) is 6.04 Å². The van der Waals surface area contributed by atoms with E-state index in [1.54, 1.807) is 6.26 Å². The van der Waals surface area contributed by atoms with Crippen LogP contribution in [0.2, 0.25) is 0 Å². The van der Waals surface area contributed by atoms with E-state index in [0.717, 1.165) is 23.7 Å². The molecule has 19 heavy (non-hydrogen) atoms. The van der Waals surface area contributed by atoms with Gasteiger partial charge >= 0.3 is 0 Å². The molecule has 0 saturated heterocycles. The van der Waals surface area contributed by atoms with Gasteiger partial charge in [-0.3, -0.25) is 10.00 Å². The van der Waals surface area contributed by atoms with Crippen molar-refractivity contribution in [2.24, 2.45) is 0 Å². The largest absolute Gasteiger partial charge is 0.465 e. The van der Waals surface area contributed by atoms with Gasteiger partial charge in [-0.15, -0.1) is 0 Å². The molecule has 0 spiro atoms. The molecule has 0 aliphatic rings. The minimum atomic E-state index is 0.333. The monoisotopic (exact) mass is 259 g/mol. The van der Waals surface area contributed by atoms with Crippen LogP contribution in [0.25, 0.3) is 6.08 Å². The Bertz CT molecular complexity index is 520. The lowest BCUT2D eigenvalue weighted by Gasteiger charge is -2.23. The molecule has 0 aromatic carbocycles. The number of hydrogen-bond acceptors (Lipinski definition) is 3. The molecule has 0 unspecified atom stereocenters. The highest BCUT2D eigenvalue weighted by Crippen LogP contribution is 2.23. The summed E-state index contributed by atoms with van der Waals surface area (Å²) >= 11 is 0. The van der Waals surface area contributed by atoms with Crippen LogP contribution in [0.5, 0.6) is 0 Å². The second-order valence-corrected chi connectivity index (χ2v) is 4.88. The summed E-state index contributed by atoms with van der Waals surface area (Å²) in [7, 11) is 2.11. The van der Waals surface area contributed by atoms with E-state index in [2.05, 4.69) is 42.1 Å². The third kappa shape index (κ3) is 3.15. The predicted molar refractivity (Wildman–Crippen MR) is 76.8 cm³/mol. The SMILES string of the molecule is Cc1n[nH]c(C)c1[C@@H](C)N(C)C/C=C/c1ccco1. The number of aromatic nitrogens is 2. The molecule has 0 aliphatic heterocycles. The maximum Gasteiger partial charge on any atom is 0.126 e. The first-order valence-electron chi connectivity index (χ1n) is 6.51. The zero-order chi connectivity index (χ0) is 13.8. The highest BCUT2D eigenvalue weighted by atomic mass is 16.3. The molecule has 1 N–H and O–H groups in total. The lowest BCUT2D eigenvalue weighted by Crippen LogP contribution is -2.23. The summed E-state index contributed by atoms with van der Waals surface area (Å²) in [6.45, 7) is 7.18. The van der Waals surface area contributed by atoms with Gasteiger partial charge < -0.3 is 4.42 Å². The zero-order valence-electron chi connectivity index (χ0n) is 12.0. The average molecular weight is 259 g/mol. The second-order valence-electron chi connectivity index (χ2n) is 4.88. The molecule has 0 amide bonds. The van der Waals surface area contributed by atoms with Crippen molar-refractivity contribution in [3.63, 3.8) is 0 Å². The first-order chi connectivity index (χ1) is 9.09. The number of aryl methyl sites for hydroxylation is 2. The number of H-pyrrole nitrogens is 1. The summed E-state index contributed by atoms with van der Waals surface area (Å²) in [5.74, 6) is 0.886. The Hall–Kier alpha value is -1.81. The van der Waals surface area contributed by atoms with Crippen molar-refractivity contribution < 1.29 is 4.42 Å². The summed E-state index contributed by atoms with van der Waals surface area (Å²) < 4.78 is 5.27. The van der Waals surface area contributed by atoms with E-state index in [1.165, 1.54) is 5.56 Å². The van der Waals surface area contributed by atoms with Crippen molar-refractivity contribution in [1.82, 2.24) is 15.1 Å². The molecular weight excluding hydrogens is 238 g/mol. The Morgan fingerprint density at radius 1 is 1.47 bits per heavy atom. The first kappa shape index (κ1) is 13.6. The maximum absolute atomic E-state index is 5.27. The van der Waals surface area contributed by atoms with Crippen LogP contribution in [0.15, 0.2) is 28.9 Å². The summed E-state index contributed by atoms with van der Waals surface area (Å²) in [5.41, 5.74) is 3.51. The highest BCUT2D eigenvalue weighted by molar-refractivity contribution is 5.42. The second kappa shape index (κ2) is 5.89. The van der Waals surface area contributed by atoms with Gasteiger partial charge in [0.25, 0.3) is 0 Å². The van der Waals surface area contributed by atoms with E-state index in [1.807, 2.05) is 25.1 Å². The fourth-order valence-electron chi connectivity index (χ4n) is 2.27. The summed E-state index contributed by atoms with van der Waals surface area (Å²) in [5, 5.41) is 7.30. The number of aromatic amines is 1. The molecular formula is C15H21N3O. The number of furan rings is 1. The summed E-state index contributed by atoms with van der Waals surface area (Å²) in [6, 6.07) is 4.18. The van der Waals surface area contributed by atoms with Gasteiger partial charge in [0.15, 0.2) is 0 Å². The Balaban J connectivity index is 1.98. The fourth-order valence-corrected chi connectivity index (χ4v) is 2.27. The molecule has 4 nitrogen and oxygen atoms in total. The van der Waals surface area contributed by atoms with E-state index >= 15 is 0 Å². The Labute approximate surface area is 114 Å². The number of likely N-dealkylation sites (N-methyl/N-ethyl adjacent to an activating group) is 1. The minimum absolute atomic E-state index is 0.333. The van der Waals surface area contributed by atoms with E-state index in [-0.39, 0.29) is 0 Å². The molecule has 0 radical (unpaired) electrons. The molecule has 0 fully saturated rings. The standard InChI is InChI=1S/C15H21N3O/c1-11-15(12(2)17-16-11)13(3)18(4)9-5-7-14-8-6-10-19-14/h5-8,10,13H,9H2,1-4H3,(H,16,17)/b7-5+/t13-/m1/s1. The molecule has 0 bridgehead atoms.